The molecule has 13 heavy (non-hydrogen) atoms. The molecule has 0 spiro atoms. The molecule has 68 valence electrons. The van der Waals surface area contributed by atoms with E-state index in [1.807, 2.05) is 0 Å². The summed E-state index contributed by atoms with van der Waals surface area (Å²) in [4.78, 5) is 19.7. The van der Waals surface area contributed by atoms with Crippen molar-refractivity contribution in [1.82, 2.24) is 0 Å². The van der Waals surface area contributed by atoms with E-state index in [1.165, 1.54) is 24.3 Å². The molecule has 1 aromatic carbocycles. The molecule has 0 aliphatic heterocycles. The van der Waals surface area contributed by atoms with E-state index in [-0.39, 0.29) is 11.4 Å². The minimum Gasteiger partial charge on any atom is -0.258 e. The number of hydrazine groups is 1. The Hall–Kier alpha value is -2.18. The van der Waals surface area contributed by atoms with Crippen LogP contribution in [0, 0.1) is 20.2 Å². The number of hydrogen-bond acceptors (Lipinski definition) is 4. The Morgan fingerprint density at radius 3 is 2.31 bits per heavy atom. The van der Waals surface area contributed by atoms with Crippen molar-refractivity contribution in [1.29, 1.82) is 0 Å². The van der Waals surface area contributed by atoms with Gasteiger partial charge in [0.15, 0.2) is 10.7 Å². The zero-order valence-corrected chi connectivity index (χ0v) is 6.34. The van der Waals surface area contributed by atoms with Crippen LogP contribution in [0.25, 0.3) is 0 Å². The van der Waals surface area contributed by atoms with Gasteiger partial charge in [0, 0.05) is 6.07 Å². The number of rotatable bonds is 3. The fourth-order valence-electron chi connectivity index (χ4n) is 0.826. The Morgan fingerprint density at radius 2 is 1.77 bits per heavy atom. The van der Waals surface area contributed by atoms with Crippen LogP contribution in [0.3, 0.4) is 0 Å². The highest BCUT2D eigenvalue weighted by Gasteiger charge is 2.15. The molecule has 0 aromatic heterocycles. The summed E-state index contributed by atoms with van der Waals surface area (Å²) >= 11 is 0. The van der Waals surface area contributed by atoms with E-state index in [9.17, 15) is 20.2 Å². The maximum Gasteiger partial charge on any atom is 0.298 e. The molecule has 0 fully saturated rings. The topological polar surface area (TPSA) is 98.3 Å². The monoisotopic (exact) mass is 183 g/mol. The second kappa shape index (κ2) is 3.48. The normalized spacial score (nSPS) is 9.23. The first-order chi connectivity index (χ1) is 6.11. The van der Waals surface area contributed by atoms with Crippen molar-refractivity contribution >= 4 is 11.4 Å². The predicted molar refractivity (Wildman–Crippen MR) is 43.7 cm³/mol. The summed E-state index contributed by atoms with van der Waals surface area (Å²) in [6.45, 7) is 0. The van der Waals surface area contributed by atoms with E-state index in [1.54, 1.807) is 5.43 Å². The standard InChI is InChI=1S/C6H5N3O4/c10-8(11)6-4-2-1-3-5(6)7-9(12)13/h1-4,7H. The summed E-state index contributed by atoms with van der Waals surface area (Å²) < 4.78 is 0. The van der Waals surface area contributed by atoms with Gasteiger partial charge in [0.1, 0.15) is 0 Å². The van der Waals surface area contributed by atoms with E-state index in [2.05, 4.69) is 0 Å². The molecule has 0 unspecified atom stereocenters. The number of nitro benzene ring substituents is 1. The van der Waals surface area contributed by atoms with Crippen LogP contribution in [-0.2, 0) is 0 Å². The average molecular weight is 183 g/mol. The van der Waals surface area contributed by atoms with Crippen LogP contribution in [0.1, 0.15) is 0 Å². The molecule has 7 nitrogen and oxygen atoms in total. The number of nitro groups is 2. The fourth-order valence-corrected chi connectivity index (χ4v) is 0.826. The SMILES string of the molecule is O=[N+]([O-])Nc1ccccc1[N+](=O)[O-]. The third kappa shape index (κ3) is 2.12. The maximum absolute atomic E-state index is 10.3. The summed E-state index contributed by atoms with van der Waals surface area (Å²) in [6, 6.07) is 5.36. The second-order valence-electron chi connectivity index (χ2n) is 2.14. The molecule has 0 heterocycles. The minimum atomic E-state index is -0.845. The van der Waals surface area contributed by atoms with Gasteiger partial charge in [-0.3, -0.25) is 10.1 Å². The third-order valence-corrected chi connectivity index (χ3v) is 1.31. The van der Waals surface area contributed by atoms with Crippen LogP contribution in [0.15, 0.2) is 24.3 Å². The van der Waals surface area contributed by atoms with E-state index < -0.39 is 9.96 Å². The summed E-state index contributed by atoms with van der Waals surface area (Å²) in [7, 11) is 0. The molecule has 1 rings (SSSR count). The van der Waals surface area contributed by atoms with Gasteiger partial charge in [-0.2, -0.15) is 0 Å². The first kappa shape index (κ1) is 8.91. The quantitative estimate of drug-likeness (QED) is 0.560. The van der Waals surface area contributed by atoms with Crippen molar-refractivity contribution in [3.05, 3.63) is 44.5 Å². The Balaban J connectivity index is 3.04. The lowest BCUT2D eigenvalue weighted by Crippen LogP contribution is -2.09. The molecule has 1 N–H and O–H groups in total. The van der Waals surface area contributed by atoms with Gasteiger partial charge in [0.25, 0.3) is 5.69 Å². The average Bonchev–Trinajstić information content (AvgIpc) is 2.03. The Bertz CT molecular complexity index is 351. The highest BCUT2D eigenvalue weighted by Crippen LogP contribution is 2.22. The molecular weight excluding hydrogens is 178 g/mol. The van der Waals surface area contributed by atoms with Crippen LogP contribution >= 0.6 is 0 Å². The maximum atomic E-state index is 10.3. The van der Waals surface area contributed by atoms with Crippen LogP contribution < -0.4 is 5.43 Å². The molecular formula is C6H5N3O4. The van der Waals surface area contributed by atoms with Crippen LogP contribution in [-0.4, -0.2) is 9.96 Å². The number of hydrogen-bond donors (Lipinski definition) is 1. The lowest BCUT2D eigenvalue weighted by molar-refractivity contribution is -0.447. The highest BCUT2D eigenvalue weighted by molar-refractivity contribution is 5.59. The summed E-state index contributed by atoms with van der Waals surface area (Å²) in [5.41, 5.74) is 1.29. The summed E-state index contributed by atoms with van der Waals surface area (Å²) in [5, 5.41) is 19.5. The van der Waals surface area contributed by atoms with Gasteiger partial charge in [0.2, 0.25) is 0 Å². The predicted octanol–water partition coefficient (Wildman–Crippen LogP) is 1.20. The number of para-hydroxylation sites is 2. The van der Waals surface area contributed by atoms with Crippen molar-refractivity contribution < 1.29 is 9.96 Å². The minimum absolute atomic E-state index is 0.127. The first-order valence-electron chi connectivity index (χ1n) is 3.25. The molecule has 0 amide bonds. The van der Waals surface area contributed by atoms with Crippen molar-refractivity contribution in [3.63, 3.8) is 0 Å². The zero-order chi connectivity index (χ0) is 9.84. The van der Waals surface area contributed by atoms with Gasteiger partial charge in [0.05, 0.1) is 4.92 Å². The van der Waals surface area contributed by atoms with Crippen LogP contribution in [0.4, 0.5) is 11.4 Å². The van der Waals surface area contributed by atoms with Gasteiger partial charge in [-0.1, -0.05) is 12.1 Å². The van der Waals surface area contributed by atoms with E-state index >= 15 is 0 Å². The van der Waals surface area contributed by atoms with Crippen LogP contribution in [0.5, 0.6) is 0 Å². The van der Waals surface area contributed by atoms with Gasteiger partial charge < -0.3 is 0 Å². The summed E-state index contributed by atoms with van der Waals surface area (Å²) in [6.07, 6.45) is 0. The number of nitrogens with one attached hydrogen (secondary N) is 1. The molecule has 7 heteroatoms. The zero-order valence-electron chi connectivity index (χ0n) is 6.34. The molecule has 0 aliphatic rings. The number of nitrogens with zero attached hydrogens (tertiary/aromatic N) is 2. The molecule has 0 aliphatic carbocycles. The Kier molecular flexibility index (Phi) is 2.38. The Labute approximate surface area is 72.3 Å². The second-order valence-corrected chi connectivity index (χ2v) is 2.14. The summed E-state index contributed by atoms with van der Waals surface area (Å²) in [5.74, 6) is 0. The largest absolute Gasteiger partial charge is 0.298 e. The van der Waals surface area contributed by atoms with Crippen molar-refractivity contribution in [2.45, 2.75) is 0 Å². The lowest BCUT2D eigenvalue weighted by atomic mass is 10.3. The third-order valence-electron chi connectivity index (χ3n) is 1.31. The van der Waals surface area contributed by atoms with Gasteiger partial charge in [-0.05, 0) is 6.07 Å². The Morgan fingerprint density at radius 1 is 1.15 bits per heavy atom. The number of anilines is 1. The first-order valence-corrected chi connectivity index (χ1v) is 3.25. The molecule has 0 saturated heterocycles. The fraction of sp³-hybridized carbons (Fsp3) is 0. The molecule has 0 radical (unpaired) electrons. The van der Waals surface area contributed by atoms with E-state index in [4.69, 9.17) is 0 Å². The number of benzene rings is 1. The molecule has 1 aromatic rings. The molecule has 0 bridgehead atoms. The van der Waals surface area contributed by atoms with E-state index in [0.717, 1.165) is 0 Å². The lowest BCUT2D eigenvalue weighted by Gasteiger charge is -1.97. The molecule has 0 saturated carbocycles. The van der Waals surface area contributed by atoms with Gasteiger partial charge in [-0.15, -0.1) is 5.43 Å². The van der Waals surface area contributed by atoms with Crippen molar-refractivity contribution in [2.24, 2.45) is 0 Å². The smallest absolute Gasteiger partial charge is 0.258 e. The van der Waals surface area contributed by atoms with Gasteiger partial charge >= 0.3 is 0 Å². The highest BCUT2D eigenvalue weighted by atomic mass is 16.7. The van der Waals surface area contributed by atoms with Crippen LogP contribution in [0.2, 0.25) is 0 Å². The van der Waals surface area contributed by atoms with E-state index in [0.29, 0.717) is 0 Å². The van der Waals surface area contributed by atoms with Crippen molar-refractivity contribution in [3.8, 4) is 0 Å². The molecule has 0 atom stereocenters. The van der Waals surface area contributed by atoms with Crippen molar-refractivity contribution in [2.75, 3.05) is 5.43 Å². The van der Waals surface area contributed by atoms with Gasteiger partial charge in [-0.25, -0.2) is 10.1 Å².